The molecule has 1 heterocycles. The Kier molecular flexibility index (Phi) is 4.52. The Morgan fingerprint density at radius 3 is 2.62 bits per heavy atom. The van der Waals surface area contributed by atoms with E-state index in [1.165, 1.54) is 13.0 Å². The summed E-state index contributed by atoms with van der Waals surface area (Å²) >= 11 is 0. The van der Waals surface area contributed by atoms with Crippen LogP contribution in [0.2, 0.25) is 0 Å². The Labute approximate surface area is 122 Å². The fourth-order valence-electron chi connectivity index (χ4n) is 2.57. The van der Waals surface area contributed by atoms with Gasteiger partial charge in [-0.05, 0) is 25.0 Å². The summed E-state index contributed by atoms with van der Waals surface area (Å²) < 4.78 is 0. The number of nitro groups is 1. The second kappa shape index (κ2) is 6.34. The summed E-state index contributed by atoms with van der Waals surface area (Å²) in [4.78, 5) is 34.3. The van der Waals surface area contributed by atoms with Crippen molar-refractivity contribution in [2.45, 2.75) is 25.8 Å². The number of piperidine rings is 1. The average Bonchev–Trinajstić information content (AvgIpc) is 2.46. The molecular weight excluding hydrogens is 274 g/mol. The summed E-state index contributed by atoms with van der Waals surface area (Å²) in [5, 5.41) is 13.7. The van der Waals surface area contributed by atoms with Gasteiger partial charge in [-0.25, -0.2) is 0 Å². The van der Waals surface area contributed by atoms with E-state index in [2.05, 4.69) is 10.2 Å². The zero-order valence-electron chi connectivity index (χ0n) is 11.7. The highest BCUT2D eigenvalue weighted by molar-refractivity contribution is 5.83. The molecule has 1 aliphatic rings. The fraction of sp³-hybridized carbons (Fsp3) is 0.429. The van der Waals surface area contributed by atoms with E-state index in [1.807, 2.05) is 0 Å². The van der Waals surface area contributed by atoms with Gasteiger partial charge >= 0.3 is 0 Å². The molecule has 0 atom stereocenters. The van der Waals surface area contributed by atoms with Crippen LogP contribution < -0.4 is 10.2 Å². The van der Waals surface area contributed by atoms with Crippen LogP contribution in [0.25, 0.3) is 0 Å². The van der Waals surface area contributed by atoms with Gasteiger partial charge in [0.2, 0.25) is 5.91 Å². The van der Waals surface area contributed by atoms with Crippen LogP contribution in [-0.2, 0) is 4.79 Å². The maximum Gasteiger partial charge on any atom is 0.280 e. The van der Waals surface area contributed by atoms with Crippen LogP contribution in [0, 0.1) is 10.1 Å². The first kappa shape index (κ1) is 15.0. The number of nitrogens with zero attached hydrogens (tertiary/aromatic N) is 2. The topological polar surface area (TPSA) is 92.6 Å². The monoisotopic (exact) mass is 291 g/mol. The number of aldehydes is 1. The Bertz CT molecular complexity index is 565. The Balaban J connectivity index is 2.08. The number of benzene rings is 1. The number of amides is 1. The van der Waals surface area contributed by atoms with Gasteiger partial charge in [0.25, 0.3) is 5.69 Å². The fourth-order valence-corrected chi connectivity index (χ4v) is 2.57. The number of nitrogens with one attached hydrogen (secondary N) is 1. The van der Waals surface area contributed by atoms with Gasteiger partial charge in [-0.3, -0.25) is 19.7 Å². The predicted molar refractivity (Wildman–Crippen MR) is 77.5 cm³/mol. The molecule has 1 aliphatic heterocycles. The Hall–Kier alpha value is -2.44. The zero-order chi connectivity index (χ0) is 15.4. The van der Waals surface area contributed by atoms with Crippen LogP contribution >= 0.6 is 0 Å². The van der Waals surface area contributed by atoms with Crippen LogP contribution in [0.3, 0.4) is 0 Å². The van der Waals surface area contributed by atoms with Crippen molar-refractivity contribution in [2.24, 2.45) is 0 Å². The average molecular weight is 291 g/mol. The van der Waals surface area contributed by atoms with Gasteiger partial charge < -0.3 is 10.2 Å². The van der Waals surface area contributed by atoms with E-state index < -0.39 is 4.92 Å². The highest BCUT2D eigenvalue weighted by Gasteiger charge is 2.21. The molecule has 1 aromatic rings. The molecule has 2 rings (SSSR count). The SMILES string of the molecule is CC(=O)NC1CCN(c2ccc([N+](=O)[O-])c(C=O)c2)CC1. The molecule has 1 fully saturated rings. The van der Waals surface area contributed by atoms with Crippen molar-refractivity contribution in [3.63, 3.8) is 0 Å². The lowest BCUT2D eigenvalue weighted by Crippen LogP contribution is -2.44. The van der Waals surface area contributed by atoms with E-state index in [1.54, 1.807) is 12.1 Å². The lowest BCUT2D eigenvalue weighted by atomic mass is 10.0. The van der Waals surface area contributed by atoms with Crippen molar-refractivity contribution < 1.29 is 14.5 Å². The summed E-state index contributed by atoms with van der Waals surface area (Å²) in [6, 6.07) is 4.73. The molecule has 1 N–H and O–H groups in total. The van der Waals surface area contributed by atoms with Crippen LogP contribution in [0.5, 0.6) is 0 Å². The van der Waals surface area contributed by atoms with Crippen molar-refractivity contribution in [1.82, 2.24) is 5.32 Å². The first-order valence-corrected chi connectivity index (χ1v) is 6.77. The molecule has 1 aromatic carbocycles. The minimum atomic E-state index is -0.559. The summed E-state index contributed by atoms with van der Waals surface area (Å²) in [5.41, 5.74) is 0.701. The largest absolute Gasteiger partial charge is 0.371 e. The number of carbonyl (C=O) groups is 2. The molecule has 0 spiro atoms. The highest BCUT2D eigenvalue weighted by Crippen LogP contribution is 2.26. The van der Waals surface area contributed by atoms with Crippen molar-refractivity contribution >= 4 is 23.6 Å². The molecule has 21 heavy (non-hydrogen) atoms. The Morgan fingerprint density at radius 1 is 1.43 bits per heavy atom. The Morgan fingerprint density at radius 2 is 2.10 bits per heavy atom. The smallest absolute Gasteiger partial charge is 0.280 e. The minimum absolute atomic E-state index is 0.0352. The molecule has 1 amide bonds. The molecule has 0 aliphatic carbocycles. The van der Waals surface area contributed by atoms with Crippen molar-refractivity contribution in [3.05, 3.63) is 33.9 Å². The lowest BCUT2D eigenvalue weighted by molar-refractivity contribution is -0.385. The molecule has 0 unspecified atom stereocenters. The maximum atomic E-state index is 11.0. The summed E-state index contributed by atoms with van der Waals surface area (Å²) in [6.45, 7) is 2.97. The predicted octanol–water partition coefficient (Wildman–Crippen LogP) is 1.51. The summed E-state index contributed by atoms with van der Waals surface area (Å²) in [6.07, 6.45) is 2.13. The maximum absolute atomic E-state index is 11.0. The van der Waals surface area contributed by atoms with Gasteiger partial charge in [-0.1, -0.05) is 0 Å². The molecule has 0 radical (unpaired) electrons. The first-order chi connectivity index (χ1) is 10.0. The van der Waals surface area contributed by atoms with Crippen molar-refractivity contribution in [3.8, 4) is 0 Å². The number of nitro benzene ring substituents is 1. The van der Waals surface area contributed by atoms with Gasteiger partial charge in [-0.15, -0.1) is 0 Å². The summed E-state index contributed by atoms with van der Waals surface area (Å²) in [7, 11) is 0. The quantitative estimate of drug-likeness (QED) is 0.515. The van der Waals surface area contributed by atoms with Gasteiger partial charge in [0.05, 0.1) is 10.5 Å². The van der Waals surface area contributed by atoms with Crippen LogP contribution in [0.1, 0.15) is 30.1 Å². The first-order valence-electron chi connectivity index (χ1n) is 6.77. The zero-order valence-corrected chi connectivity index (χ0v) is 11.7. The standard InChI is InChI=1S/C14H17N3O4/c1-10(19)15-12-4-6-16(7-5-12)13-2-3-14(17(20)21)11(8-13)9-18/h2-3,8-9,12H,4-7H2,1H3,(H,15,19). The van der Waals surface area contributed by atoms with Crippen LogP contribution in [-0.4, -0.2) is 36.2 Å². The molecule has 112 valence electrons. The molecule has 0 bridgehead atoms. The molecule has 1 saturated heterocycles. The van der Waals surface area contributed by atoms with Crippen LogP contribution in [0.4, 0.5) is 11.4 Å². The van der Waals surface area contributed by atoms with Gasteiger partial charge in [0, 0.05) is 37.8 Å². The van der Waals surface area contributed by atoms with Gasteiger partial charge in [0.15, 0.2) is 6.29 Å². The number of carbonyl (C=O) groups excluding carboxylic acids is 2. The van der Waals surface area contributed by atoms with E-state index in [-0.39, 0.29) is 23.2 Å². The normalized spacial score (nSPS) is 15.6. The number of hydrogen-bond acceptors (Lipinski definition) is 5. The molecule has 0 saturated carbocycles. The van der Waals surface area contributed by atoms with Crippen molar-refractivity contribution in [2.75, 3.05) is 18.0 Å². The van der Waals surface area contributed by atoms with E-state index in [0.717, 1.165) is 31.6 Å². The third-order valence-electron chi connectivity index (χ3n) is 3.60. The number of anilines is 1. The van der Waals surface area contributed by atoms with Gasteiger partial charge in [-0.2, -0.15) is 0 Å². The molecule has 0 aromatic heterocycles. The third kappa shape index (κ3) is 3.56. The molecular formula is C14H17N3O4. The van der Waals surface area contributed by atoms with Crippen molar-refractivity contribution in [1.29, 1.82) is 0 Å². The van der Waals surface area contributed by atoms with E-state index in [0.29, 0.717) is 6.29 Å². The highest BCUT2D eigenvalue weighted by atomic mass is 16.6. The summed E-state index contributed by atoms with van der Waals surface area (Å²) in [5.74, 6) is -0.0352. The molecule has 7 nitrogen and oxygen atoms in total. The van der Waals surface area contributed by atoms with Gasteiger partial charge in [0.1, 0.15) is 0 Å². The minimum Gasteiger partial charge on any atom is -0.371 e. The lowest BCUT2D eigenvalue weighted by Gasteiger charge is -2.33. The number of hydrogen-bond donors (Lipinski definition) is 1. The van der Waals surface area contributed by atoms with E-state index >= 15 is 0 Å². The second-order valence-corrected chi connectivity index (χ2v) is 5.08. The molecule has 7 heteroatoms. The van der Waals surface area contributed by atoms with E-state index in [9.17, 15) is 19.7 Å². The third-order valence-corrected chi connectivity index (χ3v) is 3.60. The van der Waals surface area contributed by atoms with E-state index in [4.69, 9.17) is 0 Å². The number of rotatable bonds is 4. The van der Waals surface area contributed by atoms with Crippen LogP contribution in [0.15, 0.2) is 18.2 Å². The second-order valence-electron chi connectivity index (χ2n) is 5.08.